The fraction of sp³-hybridized carbons (Fsp3) is 0.833. The van der Waals surface area contributed by atoms with Crippen LogP contribution in [0.1, 0.15) is 27.2 Å². The summed E-state index contributed by atoms with van der Waals surface area (Å²) in [7, 11) is 3.82. The van der Waals surface area contributed by atoms with Gasteiger partial charge in [0.2, 0.25) is 0 Å². The lowest BCUT2D eigenvalue weighted by Gasteiger charge is -2.23. The maximum Gasteiger partial charge on any atom is 0.326 e. The highest BCUT2D eigenvalue weighted by atomic mass is 16.4. The van der Waals surface area contributed by atoms with Crippen LogP contribution in [0.3, 0.4) is 0 Å². The summed E-state index contributed by atoms with van der Waals surface area (Å²) in [6, 6.07) is -1.31. The molecule has 3 N–H and O–H groups in total. The first-order valence-corrected chi connectivity index (χ1v) is 6.22. The number of urea groups is 1. The van der Waals surface area contributed by atoms with Gasteiger partial charge in [-0.25, -0.2) is 9.59 Å². The Bertz CT molecular complexity index is 282. The molecule has 0 aromatic carbocycles. The second-order valence-corrected chi connectivity index (χ2v) is 4.98. The molecule has 0 aromatic heterocycles. The van der Waals surface area contributed by atoms with E-state index in [0.29, 0.717) is 13.0 Å². The Labute approximate surface area is 109 Å². The van der Waals surface area contributed by atoms with Gasteiger partial charge in [-0.3, -0.25) is 0 Å². The van der Waals surface area contributed by atoms with E-state index in [1.54, 1.807) is 0 Å². The van der Waals surface area contributed by atoms with Crippen molar-refractivity contribution in [3.05, 3.63) is 0 Å². The SMILES string of the molecule is CCC(C)C(NC(=O)NC(C)CN(C)C)C(=O)O. The van der Waals surface area contributed by atoms with Gasteiger partial charge >= 0.3 is 12.0 Å². The number of carboxylic acid groups (broad SMARTS) is 1. The van der Waals surface area contributed by atoms with E-state index in [1.165, 1.54) is 0 Å². The van der Waals surface area contributed by atoms with Gasteiger partial charge in [-0.2, -0.15) is 0 Å². The number of likely N-dealkylation sites (N-methyl/N-ethyl adjacent to an activating group) is 1. The third-order valence-electron chi connectivity index (χ3n) is 2.78. The molecule has 0 saturated carbocycles. The summed E-state index contributed by atoms with van der Waals surface area (Å²) in [5.41, 5.74) is 0. The van der Waals surface area contributed by atoms with Crippen LogP contribution < -0.4 is 10.6 Å². The molecule has 0 rings (SSSR count). The predicted octanol–water partition coefficient (Wildman–Crippen LogP) is 0.735. The smallest absolute Gasteiger partial charge is 0.326 e. The fourth-order valence-corrected chi connectivity index (χ4v) is 1.68. The van der Waals surface area contributed by atoms with Gasteiger partial charge in [0.15, 0.2) is 0 Å². The Morgan fingerprint density at radius 1 is 1.22 bits per heavy atom. The molecule has 18 heavy (non-hydrogen) atoms. The number of amides is 2. The molecule has 106 valence electrons. The van der Waals surface area contributed by atoms with Crippen LogP contribution in [0.25, 0.3) is 0 Å². The lowest BCUT2D eigenvalue weighted by Crippen LogP contribution is -2.52. The second kappa shape index (κ2) is 7.92. The molecule has 6 heteroatoms. The molecule has 0 aliphatic heterocycles. The monoisotopic (exact) mass is 259 g/mol. The van der Waals surface area contributed by atoms with Crippen molar-refractivity contribution in [2.24, 2.45) is 5.92 Å². The van der Waals surface area contributed by atoms with E-state index in [2.05, 4.69) is 10.6 Å². The van der Waals surface area contributed by atoms with Crippen LogP contribution in [0.4, 0.5) is 4.79 Å². The maximum atomic E-state index is 11.7. The normalized spacial score (nSPS) is 15.9. The summed E-state index contributed by atoms with van der Waals surface area (Å²) in [6.07, 6.45) is 0.699. The first-order chi connectivity index (χ1) is 8.27. The fourth-order valence-electron chi connectivity index (χ4n) is 1.68. The maximum absolute atomic E-state index is 11.7. The number of carbonyl (C=O) groups is 2. The Balaban J connectivity index is 4.30. The van der Waals surface area contributed by atoms with Crippen LogP contribution in [-0.2, 0) is 4.79 Å². The van der Waals surface area contributed by atoms with Crippen LogP contribution in [-0.4, -0.2) is 54.7 Å². The van der Waals surface area contributed by atoms with E-state index in [4.69, 9.17) is 5.11 Å². The minimum atomic E-state index is -1.00. The Morgan fingerprint density at radius 3 is 2.17 bits per heavy atom. The summed E-state index contributed by atoms with van der Waals surface area (Å²) in [4.78, 5) is 24.7. The Morgan fingerprint density at radius 2 is 1.78 bits per heavy atom. The molecule has 2 amide bonds. The topological polar surface area (TPSA) is 81.7 Å². The summed E-state index contributed by atoms with van der Waals surface area (Å²) in [5.74, 6) is -1.10. The highest BCUT2D eigenvalue weighted by Crippen LogP contribution is 2.07. The molecule has 6 nitrogen and oxygen atoms in total. The molecule has 0 bridgehead atoms. The minimum absolute atomic E-state index is 0.0358. The van der Waals surface area contributed by atoms with Gasteiger partial charge in [0.1, 0.15) is 6.04 Å². The first-order valence-electron chi connectivity index (χ1n) is 6.22. The Kier molecular flexibility index (Phi) is 7.35. The summed E-state index contributed by atoms with van der Waals surface area (Å²) >= 11 is 0. The number of nitrogens with one attached hydrogen (secondary N) is 2. The molecule has 0 aliphatic rings. The van der Waals surface area contributed by atoms with Crippen molar-refractivity contribution in [3.8, 4) is 0 Å². The predicted molar refractivity (Wildman–Crippen MR) is 70.6 cm³/mol. The van der Waals surface area contributed by atoms with Crippen molar-refractivity contribution < 1.29 is 14.7 Å². The van der Waals surface area contributed by atoms with Crippen LogP contribution >= 0.6 is 0 Å². The van der Waals surface area contributed by atoms with E-state index in [-0.39, 0.29) is 12.0 Å². The van der Waals surface area contributed by atoms with Crippen molar-refractivity contribution >= 4 is 12.0 Å². The molecule has 0 aromatic rings. The Hall–Kier alpha value is -1.30. The molecule has 0 aliphatic carbocycles. The third-order valence-corrected chi connectivity index (χ3v) is 2.78. The number of carboxylic acids is 1. The van der Waals surface area contributed by atoms with E-state index in [0.717, 1.165) is 0 Å². The largest absolute Gasteiger partial charge is 0.480 e. The zero-order valence-corrected chi connectivity index (χ0v) is 11.9. The molecule has 0 fully saturated rings. The van der Waals surface area contributed by atoms with Gasteiger partial charge in [-0.15, -0.1) is 0 Å². The molecular formula is C12H25N3O3. The number of carbonyl (C=O) groups excluding carboxylic acids is 1. The third kappa shape index (κ3) is 6.44. The number of hydrogen-bond donors (Lipinski definition) is 3. The average molecular weight is 259 g/mol. The van der Waals surface area contributed by atoms with E-state index in [9.17, 15) is 9.59 Å². The van der Waals surface area contributed by atoms with Crippen LogP contribution in [0.15, 0.2) is 0 Å². The molecule has 3 unspecified atom stereocenters. The summed E-state index contributed by atoms with van der Waals surface area (Å²) in [6.45, 7) is 6.28. The standard InChI is InChI=1S/C12H25N3O3/c1-6-8(2)10(11(16)17)14-12(18)13-9(3)7-15(4)5/h8-10H,6-7H2,1-5H3,(H,16,17)(H2,13,14,18). The minimum Gasteiger partial charge on any atom is -0.480 e. The molecule has 0 heterocycles. The van der Waals surface area contributed by atoms with Gasteiger partial charge in [-0.1, -0.05) is 20.3 Å². The van der Waals surface area contributed by atoms with Crippen molar-refractivity contribution in [2.75, 3.05) is 20.6 Å². The van der Waals surface area contributed by atoms with E-state index >= 15 is 0 Å². The van der Waals surface area contributed by atoms with Gasteiger partial charge in [0.05, 0.1) is 0 Å². The van der Waals surface area contributed by atoms with Gasteiger partial charge < -0.3 is 20.6 Å². The number of aliphatic carboxylic acids is 1. The van der Waals surface area contributed by atoms with Crippen molar-refractivity contribution in [1.82, 2.24) is 15.5 Å². The molecule has 0 saturated heterocycles. The van der Waals surface area contributed by atoms with E-state index < -0.39 is 18.0 Å². The zero-order valence-electron chi connectivity index (χ0n) is 11.9. The number of hydrogen-bond acceptors (Lipinski definition) is 3. The highest BCUT2D eigenvalue weighted by Gasteiger charge is 2.25. The quantitative estimate of drug-likeness (QED) is 0.629. The lowest BCUT2D eigenvalue weighted by molar-refractivity contribution is -0.140. The van der Waals surface area contributed by atoms with Gasteiger partial charge in [-0.05, 0) is 26.9 Å². The number of rotatable bonds is 7. The average Bonchev–Trinajstić information content (AvgIpc) is 2.23. The second-order valence-electron chi connectivity index (χ2n) is 4.98. The molecule has 3 atom stereocenters. The highest BCUT2D eigenvalue weighted by molar-refractivity contribution is 5.82. The van der Waals surface area contributed by atoms with Crippen LogP contribution in [0, 0.1) is 5.92 Å². The zero-order chi connectivity index (χ0) is 14.3. The first kappa shape index (κ1) is 16.7. The summed E-state index contributed by atoms with van der Waals surface area (Å²) in [5, 5.41) is 14.3. The van der Waals surface area contributed by atoms with Crippen LogP contribution in [0.2, 0.25) is 0 Å². The van der Waals surface area contributed by atoms with E-state index in [1.807, 2.05) is 39.8 Å². The lowest BCUT2D eigenvalue weighted by atomic mass is 9.99. The summed E-state index contributed by atoms with van der Waals surface area (Å²) < 4.78 is 0. The molecular weight excluding hydrogens is 234 g/mol. The van der Waals surface area contributed by atoms with Crippen molar-refractivity contribution in [3.63, 3.8) is 0 Å². The van der Waals surface area contributed by atoms with Crippen molar-refractivity contribution in [1.29, 1.82) is 0 Å². The van der Waals surface area contributed by atoms with Gasteiger partial charge in [0, 0.05) is 12.6 Å². The molecule has 0 spiro atoms. The van der Waals surface area contributed by atoms with Crippen LogP contribution in [0.5, 0.6) is 0 Å². The van der Waals surface area contributed by atoms with Crippen molar-refractivity contribution in [2.45, 2.75) is 39.3 Å². The van der Waals surface area contributed by atoms with Gasteiger partial charge in [0.25, 0.3) is 0 Å². The molecule has 0 radical (unpaired) electrons. The number of nitrogens with zero attached hydrogens (tertiary/aromatic N) is 1.